The summed E-state index contributed by atoms with van der Waals surface area (Å²) in [6, 6.07) is 89.9. The van der Waals surface area contributed by atoms with Crippen molar-refractivity contribution < 1.29 is 0 Å². The third kappa shape index (κ3) is 8.20. The topological polar surface area (TPSA) is 16.3 Å². The number of aromatic nitrogens is 2. The maximum atomic E-state index is 2.60. The first-order chi connectivity index (χ1) is 37.7. The van der Waals surface area contributed by atoms with Gasteiger partial charge < -0.3 is 18.9 Å². The molecule has 0 N–H and O–H groups in total. The van der Waals surface area contributed by atoms with Crippen LogP contribution in [0.15, 0.2) is 273 Å². The van der Waals surface area contributed by atoms with Gasteiger partial charge in [-0.05, 0) is 175 Å². The van der Waals surface area contributed by atoms with Gasteiger partial charge in [-0.2, -0.15) is 0 Å². The van der Waals surface area contributed by atoms with Crippen LogP contribution >= 0.6 is 0 Å². The highest BCUT2D eigenvalue weighted by molar-refractivity contribution is 6.11. The monoisotopic (exact) mass is 976 g/mol. The minimum Gasteiger partial charge on any atom is -0.337 e. The van der Waals surface area contributed by atoms with Crippen LogP contribution in [0.25, 0.3) is 77.1 Å². The molecule has 0 bridgehead atoms. The maximum absolute atomic E-state index is 2.60. The molecule has 12 aromatic rings. The van der Waals surface area contributed by atoms with Gasteiger partial charge in [0, 0.05) is 78.4 Å². The van der Waals surface area contributed by atoms with Crippen LogP contribution in [0.3, 0.4) is 0 Å². The Bertz CT molecular complexity index is 4190. The molecule has 0 amide bonds. The SMILES string of the molecule is C1=CC(c2cccc(N(c3ccc(-c4ccc(N(c5cccc(-c6ccccc6)c5)c5ccc6c(c5)c5ccccc5n6C5CC=CCC5)cc4)cc3)c3ccc4c(c3)c3ccccc3n4-c3ccccc3)c2)=CCC1. The Balaban J connectivity index is 0.851. The second-order valence-electron chi connectivity index (χ2n) is 20.3. The molecule has 0 aliphatic heterocycles. The molecule has 10 aromatic carbocycles. The summed E-state index contributed by atoms with van der Waals surface area (Å²) in [4.78, 5) is 4.84. The summed E-state index contributed by atoms with van der Waals surface area (Å²) in [6.07, 6.45) is 17.1. The lowest BCUT2D eigenvalue weighted by molar-refractivity contribution is 0.485. The Labute approximate surface area is 444 Å². The van der Waals surface area contributed by atoms with Crippen molar-refractivity contribution >= 4 is 83.3 Å². The number of fused-ring (bicyclic) bond motifs is 6. The molecule has 4 heteroatoms. The molecule has 0 fully saturated rings. The fourth-order valence-corrected chi connectivity index (χ4v) is 12.1. The minimum atomic E-state index is 0.443. The largest absolute Gasteiger partial charge is 0.337 e. The molecule has 0 spiro atoms. The first-order valence-corrected chi connectivity index (χ1v) is 26.9. The summed E-state index contributed by atoms with van der Waals surface area (Å²) in [7, 11) is 0. The zero-order valence-electron chi connectivity index (χ0n) is 42.4. The Hall–Kier alpha value is -9.38. The van der Waals surface area contributed by atoms with Crippen molar-refractivity contribution in [1.29, 1.82) is 0 Å². The summed E-state index contributed by atoms with van der Waals surface area (Å²) in [5.74, 6) is 0. The van der Waals surface area contributed by atoms with Crippen molar-refractivity contribution in [2.24, 2.45) is 0 Å². The van der Waals surface area contributed by atoms with Gasteiger partial charge in [0.25, 0.3) is 0 Å². The number of allylic oxidation sites excluding steroid dienone is 6. The number of hydrogen-bond donors (Lipinski definition) is 0. The van der Waals surface area contributed by atoms with Crippen LogP contribution < -0.4 is 9.80 Å². The highest BCUT2D eigenvalue weighted by Gasteiger charge is 2.23. The molecule has 14 rings (SSSR count). The summed E-state index contributed by atoms with van der Waals surface area (Å²) in [5.41, 5.74) is 20.0. The van der Waals surface area contributed by atoms with Crippen LogP contribution in [0.2, 0.25) is 0 Å². The van der Waals surface area contributed by atoms with Crippen LogP contribution in [0.1, 0.15) is 43.7 Å². The standard InChI is InChI=1S/C72H56N4/c1-5-19-51(20-6-1)55-23-17-29-61(47-55)73(63-43-45-71-67(49-63)65-31-13-15-33-69(65)75(71)57-25-9-3-10-26-57)59-39-35-53(36-40-59)54-37-41-60(42-38-54)74(62-30-18-24-56(48-62)52-21-7-2-8-22-52)64-44-46-72-68(50-64)66-32-14-16-34-70(66)76(72)58-27-11-4-12-28-58/h1,3-7,9,11-24,27-50,57H,2,8,10,25-26H2. The predicted octanol–water partition coefficient (Wildman–Crippen LogP) is 20.2. The van der Waals surface area contributed by atoms with Gasteiger partial charge in [-0.1, -0.05) is 164 Å². The van der Waals surface area contributed by atoms with Crippen molar-refractivity contribution in [3.8, 4) is 27.9 Å². The van der Waals surface area contributed by atoms with Crippen LogP contribution in [0, 0.1) is 0 Å². The Morgan fingerprint density at radius 3 is 1.47 bits per heavy atom. The van der Waals surface area contributed by atoms with Gasteiger partial charge >= 0.3 is 0 Å². The van der Waals surface area contributed by atoms with E-state index in [1.165, 1.54) is 65.9 Å². The predicted molar refractivity (Wildman–Crippen MR) is 322 cm³/mol. The van der Waals surface area contributed by atoms with Crippen LogP contribution in [0.5, 0.6) is 0 Å². The zero-order chi connectivity index (χ0) is 50.4. The summed E-state index contributed by atoms with van der Waals surface area (Å²) in [5, 5.41) is 5.03. The van der Waals surface area contributed by atoms with E-state index in [-0.39, 0.29) is 0 Å². The van der Waals surface area contributed by atoms with Crippen molar-refractivity contribution in [1.82, 2.24) is 9.13 Å². The molecule has 2 aliphatic carbocycles. The molecule has 0 radical (unpaired) electrons. The van der Waals surface area contributed by atoms with E-state index in [2.05, 4.69) is 292 Å². The lowest BCUT2D eigenvalue weighted by Crippen LogP contribution is -2.11. The molecule has 1 atom stereocenters. The molecular weight excluding hydrogens is 921 g/mol. The number of para-hydroxylation sites is 3. The average molecular weight is 977 g/mol. The first-order valence-electron chi connectivity index (χ1n) is 26.9. The lowest BCUT2D eigenvalue weighted by atomic mass is 9.98. The second kappa shape index (κ2) is 19.5. The Morgan fingerprint density at radius 2 is 0.829 bits per heavy atom. The van der Waals surface area contributed by atoms with Crippen LogP contribution in [-0.4, -0.2) is 9.13 Å². The minimum absolute atomic E-state index is 0.443. The number of benzene rings is 10. The zero-order valence-corrected chi connectivity index (χ0v) is 42.4. The van der Waals surface area contributed by atoms with Gasteiger partial charge in [-0.25, -0.2) is 0 Å². The van der Waals surface area contributed by atoms with Crippen molar-refractivity contribution in [2.45, 2.75) is 38.1 Å². The molecule has 2 aliphatic rings. The summed E-state index contributed by atoms with van der Waals surface area (Å²) in [6.45, 7) is 0. The molecule has 2 aromatic heterocycles. The van der Waals surface area contributed by atoms with E-state index in [4.69, 9.17) is 0 Å². The first kappa shape index (κ1) is 45.3. The number of rotatable bonds is 11. The normalized spacial score (nSPS) is 14.4. The third-order valence-electron chi connectivity index (χ3n) is 15.7. The molecule has 0 saturated carbocycles. The number of anilines is 6. The summed E-state index contributed by atoms with van der Waals surface area (Å²) >= 11 is 0. The van der Waals surface area contributed by atoms with Crippen LogP contribution in [-0.2, 0) is 0 Å². The van der Waals surface area contributed by atoms with E-state index in [0.29, 0.717) is 6.04 Å². The Morgan fingerprint density at radius 1 is 0.329 bits per heavy atom. The van der Waals surface area contributed by atoms with Crippen molar-refractivity contribution in [3.05, 3.63) is 279 Å². The van der Waals surface area contributed by atoms with Crippen molar-refractivity contribution in [3.63, 3.8) is 0 Å². The molecule has 76 heavy (non-hydrogen) atoms. The van der Waals surface area contributed by atoms with Gasteiger partial charge in [0.2, 0.25) is 0 Å². The fourth-order valence-electron chi connectivity index (χ4n) is 12.1. The van der Waals surface area contributed by atoms with E-state index >= 15 is 0 Å². The highest BCUT2D eigenvalue weighted by atomic mass is 15.1. The van der Waals surface area contributed by atoms with E-state index in [1.807, 2.05) is 0 Å². The molecule has 1 unspecified atom stereocenters. The average Bonchev–Trinajstić information content (AvgIpc) is 4.02. The molecule has 364 valence electrons. The maximum Gasteiger partial charge on any atom is 0.0542 e. The van der Waals surface area contributed by atoms with Crippen molar-refractivity contribution in [2.75, 3.05) is 9.80 Å². The van der Waals surface area contributed by atoms with Gasteiger partial charge in [-0.3, -0.25) is 0 Å². The molecular formula is C72H56N4. The van der Waals surface area contributed by atoms with Gasteiger partial charge in [0.1, 0.15) is 0 Å². The van der Waals surface area contributed by atoms with E-state index in [0.717, 1.165) is 83.0 Å². The van der Waals surface area contributed by atoms with Gasteiger partial charge in [-0.15, -0.1) is 0 Å². The summed E-state index contributed by atoms with van der Waals surface area (Å²) < 4.78 is 4.99. The quantitative estimate of drug-likeness (QED) is 0.120. The molecule has 4 nitrogen and oxygen atoms in total. The van der Waals surface area contributed by atoms with Gasteiger partial charge in [0.15, 0.2) is 0 Å². The third-order valence-corrected chi connectivity index (χ3v) is 15.7. The van der Waals surface area contributed by atoms with E-state index in [1.54, 1.807) is 0 Å². The van der Waals surface area contributed by atoms with Gasteiger partial charge in [0.05, 0.1) is 11.0 Å². The lowest BCUT2D eigenvalue weighted by Gasteiger charge is -2.27. The fraction of sp³-hybridized carbons (Fsp3) is 0.0833. The van der Waals surface area contributed by atoms with E-state index in [9.17, 15) is 0 Å². The Kier molecular flexibility index (Phi) is 11.6. The highest BCUT2D eigenvalue weighted by Crippen LogP contribution is 2.44. The van der Waals surface area contributed by atoms with E-state index < -0.39 is 0 Å². The molecule has 2 heterocycles. The molecule has 0 saturated heterocycles. The van der Waals surface area contributed by atoms with Crippen LogP contribution in [0.4, 0.5) is 34.1 Å². The second-order valence-corrected chi connectivity index (χ2v) is 20.3. The smallest absolute Gasteiger partial charge is 0.0542 e. The number of hydrogen-bond acceptors (Lipinski definition) is 2. The number of nitrogens with zero attached hydrogens (tertiary/aromatic N) is 4.